The van der Waals surface area contributed by atoms with Gasteiger partial charge in [0.1, 0.15) is 18.3 Å². The highest BCUT2D eigenvalue weighted by molar-refractivity contribution is 7.92. The molecule has 0 saturated heterocycles. The number of ether oxygens (including phenoxy) is 1. The molecule has 9 heteroatoms. The van der Waals surface area contributed by atoms with E-state index in [9.17, 15) is 18.0 Å². The average Bonchev–Trinajstić information content (AvgIpc) is 2.82. The zero-order chi connectivity index (χ0) is 26.2. The number of hydrogen-bond donors (Lipinski definition) is 1. The number of rotatable bonds is 12. The Bertz CT molecular complexity index is 1100. The van der Waals surface area contributed by atoms with Crippen LogP contribution >= 0.6 is 0 Å². The van der Waals surface area contributed by atoms with Crippen molar-refractivity contribution < 1.29 is 22.7 Å². The Labute approximate surface area is 209 Å². The molecular formula is C26H37N3O5S. The van der Waals surface area contributed by atoms with Crippen LogP contribution < -0.4 is 14.4 Å². The number of nitrogens with zero attached hydrogens (tertiary/aromatic N) is 2. The van der Waals surface area contributed by atoms with E-state index in [1.807, 2.05) is 52.0 Å². The minimum absolute atomic E-state index is 0.0472. The summed E-state index contributed by atoms with van der Waals surface area (Å²) in [5.74, 6) is -0.407. The maximum absolute atomic E-state index is 13.7. The van der Waals surface area contributed by atoms with Crippen molar-refractivity contribution in [1.82, 2.24) is 10.2 Å². The van der Waals surface area contributed by atoms with Crippen molar-refractivity contribution in [2.45, 2.75) is 59.2 Å². The Hall–Kier alpha value is -3.07. The zero-order valence-electron chi connectivity index (χ0n) is 21.4. The van der Waals surface area contributed by atoms with Crippen molar-refractivity contribution in [3.63, 3.8) is 0 Å². The molecule has 0 fully saturated rings. The molecule has 0 bridgehead atoms. The molecule has 2 aromatic rings. The first kappa shape index (κ1) is 28.2. The summed E-state index contributed by atoms with van der Waals surface area (Å²) in [4.78, 5) is 28.3. The number of sulfonamides is 1. The van der Waals surface area contributed by atoms with Crippen LogP contribution in [0.3, 0.4) is 0 Å². The van der Waals surface area contributed by atoms with Crippen molar-refractivity contribution in [2.75, 3.05) is 24.2 Å². The van der Waals surface area contributed by atoms with Gasteiger partial charge >= 0.3 is 0 Å². The van der Waals surface area contributed by atoms with E-state index in [0.29, 0.717) is 12.2 Å². The Morgan fingerprint density at radius 1 is 1.03 bits per heavy atom. The normalized spacial score (nSPS) is 13.0. The molecule has 1 N–H and O–H groups in total. The number of nitrogens with one attached hydrogen (secondary N) is 1. The van der Waals surface area contributed by atoms with Crippen LogP contribution in [0.4, 0.5) is 5.69 Å². The maximum Gasteiger partial charge on any atom is 0.244 e. The van der Waals surface area contributed by atoms with Crippen LogP contribution in [0.25, 0.3) is 0 Å². The van der Waals surface area contributed by atoms with Crippen molar-refractivity contribution in [3.05, 3.63) is 59.7 Å². The summed E-state index contributed by atoms with van der Waals surface area (Å²) < 4.78 is 31.8. The fourth-order valence-electron chi connectivity index (χ4n) is 3.68. The molecule has 0 aliphatic heterocycles. The molecule has 0 aliphatic carbocycles. The first-order valence-corrected chi connectivity index (χ1v) is 13.6. The summed E-state index contributed by atoms with van der Waals surface area (Å²) in [6, 6.07) is 13.5. The van der Waals surface area contributed by atoms with E-state index in [2.05, 4.69) is 5.32 Å². The number of anilines is 1. The first-order chi connectivity index (χ1) is 16.5. The summed E-state index contributed by atoms with van der Waals surface area (Å²) in [6.07, 6.45) is 2.18. The molecule has 0 aromatic heterocycles. The van der Waals surface area contributed by atoms with Gasteiger partial charge in [-0.3, -0.25) is 13.9 Å². The van der Waals surface area contributed by atoms with Crippen LogP contribution in [0.15, 0.2) is 48.5 Å². The highest BCUT2D eigenvalue weighted by Gasteiger charge is 2.32. The molecule has 2 amide bonds. The van der Waals surface area contributed by atoms with E-state index in [0.717, 1.165) is 28.1 Å². The van der Waals surface area contributed by atoms with Gasteiger partial charge in [-0.2, -0.15) is 0 Å². The van der Waals surface area contributed by atoms with E-state index in [4.69, 9.17) is 4.74 Å². The van der Waals surface area contributed by atoms with Crippen molar-refractivity contribution in [1.29, 1.82) is 0 Å². The first-order valence-electron chi connectivity index (χ1n) is 11.8. The molecule has 0 spiro atoms. The number of carbonyl (C=O) groups excluding carboxylic acids is 2. The molecule has 35 heavy (non-hydrogen) atoms. The van der Waals surface area contributed by atoms with Gasteiger partial charge in [0.05, 0.1) is 19.1 Å². The van der Waals surface area contributed by atoms with Crippen molar-refractivity contribution in [3.8, 4) is 5.75 Å². The number of amides is 2. The molecular weight excluding hydrogens is 466 g/mol. The number of methoxy groups -OCH3 is 1. The Kier molecular flexibility index (Phi) is 10.1. The highest BCUT2D eigenvalue weighted by Crippen LogP contribution is 2.29. The molecule has 0 heterocycles. The van der Waals surface area contributed by atoms with Crippen LogP contribution in [0, 0.1) is 6.92 Å². The van der Waals surface area contributed by atoms with Gasteiger partial charge in [0.25, 0.3) is 0 Å². The number of carbonyl (C=O) groups is 2. The Morgan fingerprint density at radius 3 is 2.20 bits per heavy atom. The third kappa shape index (κ3) is 7.71. The standard InChI is InChI=1S/C26H37N3O5S/c1-7-20(4)27-26(31)22(8-2)28(17-21-15-13-19(3)14-16-21)25(30)18-29(35(6,32)33)23-11-9-10-12-24(23)34-5/h9-16,20,22H,7-8,17-18H2,1-6H3,(H,27,31). The number of para-hydroxylation sites is 2. The van der Waals surface area contributed by atoms with E-state index >= 15 is 0 Å². The molecule has 8 nitrogen and oxygen atoms in total. The van der Waals surface area contributed by atoms with E-state index in [1.54, 1.807) is 24.3 Å². The number of benzene rings is 2. The predicted molar refractivity (Wildman–Crippen MR) is 139 cm³/mol. The lowest BCUT2D eigenvalue weighted by Gasteiger charge is -2.33. The molecule has 2 unspecified atom stereocenters. The van der Waals surface area contributed by atoms with Crippen LogP contribution in [0.5, 0.6) is 5.75 Å². The largest absolute Gasteiger partial charge is 0.495 e. The maximum atomic E-state index is 13.7. The average molecular weight is 504 g/mol. The molecule has 192 valence electrons. The third-order valence-corrected chi connectivity index (χ3v) is 7.02. The van der Waals surface area contributed by atoms with Crippen molar-refractivity contribution in [2.24, 2.45) is 0 Å². The van der Waals surface area contributed by atoms with Gasteiger partial charge in [-0.05, 0) is 44.4 Å². The summed E-state index contributed by atoms with van der Waals surface area (Å²) in [7, 11) is -2.39. The number of aryl methyl sites for hydroxylation is 1. The summed E-state index contributed by atoms with van der Waals surface area (Å²) in [6.45, 7) is 7.40. The quantitative estimate of drug-likeness (QED) is 0.478. The topological polar surface area (TPSA) is 96.0 Å². The second-order valence-corrected chi connectivity index (χ2v) is 10.6. The van der Waals surface area contributed by atoms with E-state index < -0.39 is 28.5 Å². The molecule has 0 saturated carbocycles. The molecule has 2 rings (SSSR count). The SMILES string of the molecule is CCC(C)NC(=O)C(CC)N(Cc1ccc(C)cc1)C(=O)CN(c1ccccc1OC)S(C)(=O)=O. The van der Waals surface area contributed by atoms with Gasteiger partial charge in [-0.25, -0.2) is 8.42 Å². The molecule has 2 atom stereocenters. The molecule has 2 aromatic carbocycles. The van der Waals surface area contributed by atoms with Gasteiger partial charge in [-0.1, -0.05) is 55.8 Å². The van der Waals surface area contributed by atoms with Gasteiger partial charge < -0.3 is 15.0 Å². The Morgan fingerprint density at radius 2 is 1.66 bits per heavy atom. The van der Waals surface area contributed by atoms with Gasteiger partial charge in [0.2, 0.25) is 21.8 Å². The van der Waals surface area contributed by atoms with Crippen LogP contribution in [0.1, 0.15) is 44.7 Å². The second-order valence-electron chi connectivity index (χ2n) is 8.69. The fraction of sp³-hybridized carbons (Fsp3) is 0.462. The summed E-state index contributed by atoms with van der Waals surface area (Å²) in [5.41, 5.74) is 2.19. The monoisotopic (exact) mass is 503 g/mol. The van der Waals surface area contributed by atoms with Gasteiger partial charge in [0.15, 0.2) is 0 Å². The second kappa shape index (κ2) is 12.6. The lowest BCUT2D eigenvalue weighted by molar-refractivity contribution is -0.140. The lowest BCUT2D eigenvalue weighted by Crippen LogP contribution is -2.53. The summed E-state index contributed by atoms with van der Waals surface area (Å²) >= 11 is 0. The van der Waals surface area contributed by atoms with E-state index in [1.165, 1.54) is 12.0 Å². The molecule has 0 radical (unpaired) electrons. The van der Waals surface area contributed by atoms with Gasteiger partial charge in [-0.15, -0.1) is 0 Å². The number of hydrogen-bond acceptors (Lipinski definition) is 5. The van der Waals surface area contributed by atoms with Crippen LogP contribution in [-0.2, 0) is 26.2 Å². The van der Waals surface area contributed by atoms with Crippen LogP contribution in [0.2, 0.25) is 0 Å². The minimum atomic E-state index is -3.83. The van der Waals surface area contributed by atoms with Crippen molar-refractivity contribution >= 4 is 27.5 Å². The molecule has 0 aliphatic rings. The predicted octanol–water partition coefficient (Wildman–Crippen LogP) is 3.49. The Balaban J connectivity index is 2.46. The van der Waals surface area contributed by atoms with E-state index in [-0.39, 0.29) is 24.2 Å². The smallest absolute Gasteiger partial charge is 0.244 e. The van der Waals surface area contributed by atoms with Gasteiger partial charge in [0, 0.05) is 12.6 Å². The fourth-order valence-corrected chi connectivity index (χ4v) is 4.53. The third-order valence-electron chi connectivity index (χ3n) is 5.89. The van der Waals surface area contributed by atoms with Crippen LogP contribution in [-0.4, -0.2) is 57.1 Å². The lowest BCUT2D eigenvalue weighted by atomic mass is 10.1. The highest BCUT2D eigenvalue weighted by atomic mass is 32.2. The summed E-state index contributed by atoms with van der Waals surface area (Å²) in [5, 5.41) is 2.96. The minimum Gasteiger partial charge on any atom is -0.495 e. The zero-order valence-corrected chi connectivity index (χ0v) is 22.3.